The topological polar surface area (TPSA) is 26.3 Å². The third kappa shape index (κ3) is 2.48. The summed E-state index contributed by atoms with van der Waals surface area (Å²) in [6.45, 7) is 0.642. The van der Waals surface area contributed by atoms with Gasteiger partial charge in [0.2, 0.25) is 0 Å². The molecule has 0 spiro atoms. The van der Waals surface area contributed by atoms with E-state index >= 15 is 0 Å². The third-order valence-corrected chi connectivity index (χ3v) is 1.50. The van der Waals surface area contributed by atoms with Gasteiger partial charge in [-0.3, -0.25) is 4.79 Å². The van der Waals surface area contributed by atoms with E-state index in [0.29, 0.717) is 6.07 Å². The van der Waals surface area contributed by atoms with Crippen molar-refractivity contribution in [1.82, 2.24) is 0 Å². The number of rotatable bonds is 2. The number of esters is 1. The van der Waals surface area contributed by atoms with E-state index in [-0.39, 0.29) is 5.56 Å². The summed E-state index contributed by atoms with van der Waals surface area (Å²) >= 11 is 0. The highest BCUT2D eigenvalue weighted by Crippen LogP contribution is 2.15. The Morgan fingerprint density at radius 1 is 1.36 bits per heavy atom. The first-order valence-electron chi connectivity index (χ1n) is 3.77. The Morgan fingerprint density at radius 2 is 2.00 bits per heavy atom. The molecule has 0 amide bonds. The average molecular weight is 204 g/mol. The number of ether oxygens (including phenoxy) is 1. The normalized spacial score (nSPS) is 10.0. The van der Waals surface area contributed by atoms with E-state index in [1.54, 1.807) is 0 Å². The van der Waals surface area contributed by atoms with Crippen molar-refractivity contribution in [2.45, 2.75) is 13.5 Å². The molecule has 2 nitrogen and oxygen atoms in total. The van der Waals surface area contributed by atoms with Crippen LogP contribution in [0.5, 0.6) is 0 Å². The second kappa shape index (κ2) is 4.13. The maximum atomic E-state index is 12.9. The van der Waals surface area contributed by atoms with Crippen molar-refractivity contribution < 1.29 is 22.7 Å². The van der Waals surface area contributed by atoms with Crippen LogP contribution in [0.1, 0.15) is 12.5 Å². The lowest BCUT2D eigenvalue weighted by atomic mass is 10.2. The second-order valence-corrected chi connectivity index (χ2v) is 2.64. The molecule has 0 atom stereocenters. The highest BCUT2D eigenvalue weighted by atomic mass is 19.2. The number of hydrogen-bond donors (Lipinski definition) is 0. The van der Waals surface area contributed by atoms with Crippen LogP contribution in [0.15, 0.2) is 12.1 Å². The summed E-state index contributed by atoms with van der Waals surface area (Å²) in [5.41, 5.74) is -0.322. The van der Waals surface area contributed by atoms with Crippen LogP contribution in [0.25, 0.3) is 0 Å². The van der Waals surface area contributed by atoms with Crippen LogP contribution in [0.4, 0.5) is 13.2 Å². The molecule has 0 fully saturated rings. The van der Waals surface area contributed by atoms with Gasteiger partial charge in [0.1, 0.15) is 12.4 Å². The lowest BCUT2D eigenvalue weighted by Crippen LogP contribution is -2.03. The van der Waals surface area contributed by atoms with E-state index in [1.807, 2.05) is 0 Å². The molecule has 5 heteroatoms. The summed E-state index contributed by atoms with van der Waals surface area (Å²) in [5.74, 6) is -4.06. The molecule has 0 N–H and O–H groups in total. The van der Waals surface area contributed by atoms with Gasteiger partial charge in [0.25, 0.3) is 0 Å². The van der Waals surface area contributed by atoms with Crippen molar-refractivity contribution in [3.8, 4) is 0 Å². The molecule has 0 saturated heterocycles. The van der Waals surface area contributed by atoms with Gasteiger partial charge in [-0.1, -0.05) is 0 Å². The molecule has 0 aliphatic heterocycles. The quantitative estimate of drug-likeness (QED) is 0.545. The van der Waals surface area contributed by atoms with E-state index in [2.05, 4.69) is 4.74 Å². The molecule has 76 valence electrons. The molecule has 0 aliphatic rings. The standard InChI is InChI=1S/C9H7F3O2/c1-5(13)14-4-6-2-7(10)3-8(11)9(6)12/h2-3H,4H2,1H3. The Morgan fingerprint density at radius 3 is 2.57 bits per heavy atom. The smallest absolute Gasteiger partial charge is 0.302 e. The number of carbonyl (C=O) groups excluding carboxylic acids is 1. The van der Waals surface area contributed by atoms with Gasteiger partial charge in [-0.05, 0) is 6.07 Å². The van der Waals surface area contributed by atoms with Crippen molar-refractivity contribution in [2.75, 3.05) is 0 Å². The molecule has 0 aromatic heterocycles. The summed E-state index contributed by atoms with van der Waals surface area (Å²) in [4.78, 5) is 10.4. The lowest BCUT2D eigenvalue weighted by molar-refractivity contribution is -0.142. The Hall–Kier alpha value is -1.52. The molecule has 0 heterocycles. The fourth-order valence-corrected chi connectivity index (χ4v) is 0.894. The van der Waals surface area contributed by atoms with Gasteiger partial charge in [0.15, 0.2) is 11.6 Å². The maximum absolute atomic E-state index is 12.9. The molecule has 0 aliphatic carbocycles. The van der Waals surface area contributed by atoms with Crippen LogP contribution >= 0.6 is 0 Å². The second-order valence-electron chi connectivity index (χ2n) is 2.64. The van der Waals surface area contributed by atoms with Gasteiger partial charge in [0.05, 0.1) is 0 Å². The Balaban J connectivity index is 2.90. The molecular weight excluding hydrogens is 197 g/mol. The number of halogens is 3. The fraction of sp³-hybridized carbons (Fsp3) is 0.222. The SMILES string of the molecule is CC(=O)OCc1cc(F)cc(F)c1F. The fourth-order valence-electron chi connectivity index (χ4n) is 0.894. The van der Waals surface area contributed by atoms with Crippen LogP contribution in [0.3, 0.4) is 0 Å². The maximum Gasteiger partial charge on any atom is 0.302 e. The number of hydrogen-bond acceptors (Lipinski definition) is 2. The van der Waals surface area contributed by atoms with Gasteiger partial charge in [-0.2, -0.15) is 0 Å². The summed E-state index contributed by atoms with van der Waals surface area (Å²) in [6.07, 6.45) is 0. The van der Waals surface area contributed by atoms with Crippen molar-refractivity contribution in [3.05, 3.63) is 35.1 Å². The van der Waals surface area contributed by atoms with Crippen LogP contribution < -0.4 is 0 Å². The molecule has 14 heavy (non-hydrogen) atoms. The molecular formula is C9H7F3O2. The average Bonchev–Trinajstić information content (AvgIpc) is 2.08. The van der Waals surface area contributed by atoms with Crippen molar-refractivity contribution in [3.63, 3.8) is 0 Å². The van der Waals surface area contributed by atoms with Gasteiger partial charge in [-0.15, -0.1) is 0 Å². The minimum atomic E-state index is -1.30. The Labute approximate surface area is 78.3 Å². The Bertz CT molecular complexity index is 363. The summed E-state index contributed by atoms with van der Waals surface area (Å²) < 4.78 is 42.5. The minimum Gasteiger partial charge on any atom is -0.461 e. The van der Waals surface area contributed by atoms with Crippen molar-refractivity contribution in [1.29, 1.82) is 0 Å². The highest BCUT2D eigenvalue weighted by molar-refractivity contribution is 5.65. The first-order valence-corrected chi connectivity index (χ1v) is 3.77. The summed E-state index contributed by atoms with van der Waals surface area (Å²) in [5, 5.41) is 0. The molecule has 0 radical (unpaired) electrons. The molecule has 0 saturated carbocycles. The van der Waals surface area contributed by atoms with Crippen molar-refractivity contribution in [2.24, 2.45) is 0 Å². The zero-order valence-electron chi connectivity index (χ0n) is 7.31. The summed E-state index contributed by atoms with van der Waals surface area (Å²) in [6, 6.07) is 1.20. The van der Waals surface area contributed by atoms with E-state index in [4.69, 9.17) is 0 Å². The molecule has 0 unspecified atom stereocenters. The zero-order valence-corrected chi connectivity index (χ0v) is 7.31. The predicted molar refractivity (Wildman–Crippen MR) is 41.8 cm³/mol. The van der Waals surface area contributed by atoms with Crippen LogP contribution in [-0.2, 0) is 16.1 Å². The van der Waals surface area contributed by atoms with Gasteiger partial charge in [-0.25, -0.2) is 13.2 Å². The summed E-state index contributed by atoms with van der Waals surface area (Å²) in [7, 11) is 0. The van der Waals surface area contributed by atoms with Crippen LogP contribution in [0, 0.1) is 17.5 Å². The van der Waals surface area contributed by atoms with E-state index < -0.39 is 30.0 Å². The largest absolute Gasteiger partial charge is 0.461 e. The first kappa shape index (κ1) is 10.6. The molecule has 0 bridgehead atoms. The number of carbonyl (C=O) groups is 1. The van der Waals surface area contributed by atoms with E-state index in [1.165, 1.54) is 0 Å². The Kier molecular flexibility index (Phi) is 3.11. The monoisotopic (exact) mass is 204 g/mol. The van der Waals surface area contributed by atoms with Gasteiger partial charge in [0, 0.05) is 18.6 Å². The van der Waals surface area contributed by atoms with Crippen molar-refractivity contribution >= 4 is 5.97 Å². The number of benzene rings is 1. The minimum absolute atomic E-state index is 0.322. The lowest BCUT2D eigenvalue weighted by Gasteiger charge is -2.04. The van der Waals surface area contributed by atoms with Crippen LogP contribution in [0.2, 0.25) is 0 Å². The van der Waals surface area contributed by atoms with Gasteiger partial charge >= 0.3 is 5.97 Å². The third-order valence-electron chi connectivity index (χ3n) is 1.50. The van der Waals surface area contributed by atoms with E-state index in [9.17, 15) is 18.0 Å². The van der Waals surface area contributed by atoms with Gasteiger partial charge < -0.3 is 4.74 Å². The first-order chi connectivity index (χ1) is 6.50. The molecule has 1 aromatic rings. The molecule has 1 rings (SSSR count). The van der Waals surface area contributed by atoms with E-state index in [0.717, 1.165) is 13.0 Å². The zero-order chi connectivity index (χ0) is 10.7. The predicted octanol–water partition coefficient (Wildman–Crippen LogP) is 2.17. The molecule has 1 aromatic carbocycles. The highest BCUT2D eigenvalue weighted by Gasteiger charge is 2.11. The van der Waals surface area contributed by atoms with Crippen LogP contribution in [-0.4, -0.2) is 5.97 Å².